The van der Waals surface area contributed by atoms with E-state index in [1.807, 2.05) is 17.0 Å². The molecule has 4 rings (SSSR count). The maximum atomic E-state index is 14.5. The van der Waals surface area contributed by atoms with E-state index in [2.05, 4.69) is 20.2 Å². The van der Waals surface area contributed by atoms with Crippen LogP contribution in [0.2, 0.25) is 0 Å². The summed E-state index contributed by atoms with van der Waals surface area (Å²) in [6.45, 7) is 7.64. The third kappa shape index (κ3) is 4.65. The van der Waals surface area contributed by atoms with E-state index in [0.29, 0.717) is 62.4 Å². The Kier molecular flexibility index (Phi) is 6.55. The number of hydrogen-bond donors (Lipinski definition) is 2. The molecule has 2 aromatic heterocycles. The highest BCUT2D eigenvalue weighted by atomic mass is 19.1. The summed E-state index contributed by atoms with van der Waals surface area (Å²) >= 11 is 0. The largest absolute Gasteiger partial charge is 0.365 e. The van der Waals surface area contributed by atoms with Crippen molar-refractivity contribution in [1.29, 1.82) is 0 Å². The lowest BCUT2D eigenvalue weighted by atomic mass is 10.1. The van der Waals surface area contributed by atoms with Gasteiger partial charge in [-0.25, -0.2) is 9.78 Å². The number of rotatable bonds is 6. The molecule has 1 aliphatic heterocycles. The van der Waals surface area contributed by atoms with Crippen molar-refractivity contribution in [2.75, 3.05) is 37.6 Å². The molecule has 0 spiro atoms. The molecule has 1 fully saturated rings. The van der Waals surface area contributed by atoms with Crippen LogP contribution < -0.4 is 21.5 Å². The number of aromatic nitrogens is 3. The van der Waals surface area contributed by atoms with Crippen LogP contribution in [0.4, 0.5) is 10.1 Å². The minimum Gasteiger partial charge on any atom is -0.365 e. The number of amides is 1. The highest BCUT2D eigenvalue weighted by Crippen LogP contribution is 2.21. The van der Waals surface area contributed by atoms with Crippen LogP contribution in [-0.4, -0.2) is 58.1 Å². The fourth-order valence-corrected chi connectivity index (χ4v) is 4.13. The van der Waals surface area contributed by atoms with E-state index in [-0.39, 0.29) is 11.3 Å². The molecule has 3 aromatic rings. The van der Waals surface area contributed by atoms with Crippen molar-refractivity contribution in [1.82, 2.24) is 24.8 Å². The molecule has 1 amide bonds. The highest BCUT2D eigenvalue weighted by Gasteiger charge is 2.21. The first kappa shape index (κ1) is 22.7. The summed E-state index contributed by atoms with van der Waals surface area (Å²) < 4.78 is 15.7. The molecule has 0 radical (unpaired) electrons. The number of halogens is 1. The molecule has 0 saturated carbocycles. The molecule has 2 N–H and O–H groups in total. The lowest BCUT2D eigenvalue weighted by Gasteiger charge is -2.36. The van der Waals surface area contributed by atoms with Gasteiger partial charge in [0.2, 0.25) is 5.95 Å². The maximum absolute atomic E-state index is 14.5. The van der Waals surface area contributed by atoms with Crippen LogP contribution in [0.3, 0.4) is 0 Å². The van der Waals surface area contributed by atoms with Gasteiger partial charge in [0, 0.05) is 45.8 Å². The van der Waals surface area contributed by atoms with Crippen LogP contribution in [-0.2, 0) is 13.1 Å². The molecule has 1 aromatic carbocycles. The van der Waals surface area contributed by atoms with Gasteiger partial charge in [0.1, 0.15) is 5.69 Å². The second-order valence-corrected chi connectivity index (χ2v) is 7.99. The SMILES string of the molecule is CCNC(=O)c1ccc(N2CCN(Cc3ccc4c(=O)n(CC)c(=O)[nH]c4c3)CC2)c(F)n1. The van der Waals surface area contributed by atoms with Gasteiger partial charge in [0.25, 0.3) is 11.5 Å². The molecular formula is C23H27FN6O3. The number of pyridine rings is 1. The summed E-state index contributed by atoms with van der Waals surface area (Å²) in [6.07, 6.45) is 0. The van der Waals surface area contributed by atoms with Crippen molar-refractivity contribution in [2.24, 2.45) is 0 Å². The van der Waals surface area contributed by atoms with E-state index in [1.54, 1.807) is 26.0 Å². The first-order valence-corrected chi connectivity index (χ1v) is 11.1. The molecule has 3 heterocycles. The van der Waals surface area contributed by atoms with Crippen LogP contribution in [0, 0.1) is 5.95 Å². The predicted octanol–water partition coefficient (Wildman–Crippen LogP) is 1.32. The molecule has 0 bridgehead atoms. The summed E-state index contributed by atoms with van der Waals surface area (Å²) in [6, 6.07) is 8.64. The van der Waals surface area contributed by atoms with Gasteiger partial charge < -0.3 is 15.2 Å². The highest BCUT2D eigenvalue weighted by molar-refractivity contribution is 5.92. The second-order valence-electron chi connectivity index (χ2n) is 7.99. The first-order valence-electron chi connectivity index (χ1n) is 11.1. The number of hydrogen-bond acceptors (Lipinski definition) is 6. The average molecular weight is 455 g/mol. The smallest absolute Gasteiger partial charge is 0.328 e. The van der Waals surface area contributed by atoms with E-state index in [0.717, 1.165) is 5.56 Å². The Balaban J connectivity index is 1.42. The van der Waals surface area contributed by atoms with Crippen molar-refractivity contribution >= 4 is 22.5 Å². The molecule has 174 valence electrons. The van der Waals surface area contributed by atoms with E-state index in [4.69, 9.17) is 0 Å². The number of anilines is 1. The number of carbonyl (C=O) groups is 1. The number of carbonyl (C=O) groups excluding carboxylic acids is 1. The van der Waals surface area contributed by atoms with Crippen molar-refractivity contribution in [2.45, 2.75) is 26.9 Å². The van der Waals surface area contributed by atoms with Crippen LogP contribution in [0.15, 0.2) is 39.9 Å². The maximum Gasteiger partial charge on any atom is 0.328 e. The van der Waals surface area contributed by atoms with Gasteiger partial charge in [0.05, 0.1) is 16.6 Å². The summed E-state index contributed by atoms with van der Waals surface area (Å²) in [5.74, 6) is -1.04. The van der Waals surface area contributed by atoms with E-state index in [1.165, 1.54) is 10.6 Å². The van der Waals surface area contributed by atoms with Crippen LogP contribution in [0.5, 0.6) is 0 Å². The predicted molar refractivity (Wildman–Crippen MR) is 124 cm³/mol. The number of fused-ring (bicyclic) bond motifs is 1. The molecule has 0 atom stereocenters. The van der Waals surface area contributed by atoms with E-state index < -0.39 is 17.5 Å². The van der Waals surface area contributed by atoms with Gasteiger partial charge in [-0.15, -0.1) is 0 Å². The van der Waals surface area contributed by atoms with Crippen molar-refractivity contribution < 1.29 is 9.18 Å². The lowest BCUT2D eigenvalue weighted by molar-refractivity contribution is 0.0949. The zero-order valence-electron chi connectivity index (χ0n) is 18.7. The number of nitrogens with zero attached hydrogens (tertiary/aromatic N) is 4. The van der Waals surface area contributed by atoms with Crippen molar-refractivity contribution in [3.8, 4) is 0 Å². The summed E-state index contributed by atoms with van der Waals surface area (Å²) in [7, 11) is 0. The lowest BCUT2D eigenvalue weighted by Crippen LogP contribution is -2.46. The van der Waals surface area contributed by atoms with Gasteiger partial charge in [-0.05, 0) is 43.7 Å². The molecule has 0 aliphatic carbocycles. The number of H-pyrrole nitrogens is 1. The van der Waals surface area contributed by atoms with Gasteiger partial charge >= 0.3 is 5.69 Å². The number of nitrogens with one attached hydrogen (secondary N) is 2. The van der Waals surface area contributed by atoms with Gasteiger partial charge in [-0.1, -0.05) is 6.07 Å². The molecule has 1 saturated heterocycles. The van der Waals surface area contributed by atoms with E-state index in [9.17, 15) is 18.8 Å². The number of aromatic amines is 1. The molecule has 0 unspecified atom stereocenters. The third-order valence-electron chi connectivity index (χ3n) is 5.88. The molecular weight excluding hydrogens is 427 g/mol. The second kappa shape index (κ2) is 9.53. The standard InChI is InChI=1S/C23H27FN6O3/c1-3-25-21(31)17-7-8-19(20(24)26-17)29-11-9-28(10-12-29)14-15-5-6-16-18(13-15)27-23(33)30(4-2)22(16)32/h5-8,13H,3-4,9-12,14H2,1-2H3,(H,25,31)(H,27,33). The summed E-state index contributed by atoms with van der Waals surface area (Å²) in [4.78, 5) is 47.2. The minimum absolute atomic E-state index is 0.0665. The average Bonchev–Trinajstić information content (AvgIpc) is 2.80. The Hall–Kier alpha value is -3.53. The Morgan fingerprint density at radius 2 is 1.88 bits per heavy atom. The van der Waals surface area contributed by atoms with Gasteiger partial charge in [-0.3, -0.25) is 19.1 Å². The zero-order chi connectivity index (χ0) is 23.5. The zero-order valence-corrected chi connectivity index (χ0v) is 18.7. The van der Waals surface area contributed by atoms with Crippen LogP contribution in [0.25, 0.3) is 10.9 Å². The minimum atomic E-state index is -0.650. The first-order chi connectivity index (χ1) is 15.9. The Labute approximate surface area is 189 Å². The third-order valence-corrected chi connectivity index (χ3v) is 5.88. The van der Waals surface area contributed by atoms with Crippen molar-refractivity contribution in [3.63, 3.8) is 0 Å². The normalized spacial score (nSPS) is 14.6. The Bertz CT molecular complexity index is 1290. The summed E-state index contributed by atoms with van der Waals surface area (Å²) in [5, 5.41) is 3.10. The number of piperazine rings is 1. The van der Waals surface area contributed by atoms with Crippen molar-refractivity contribution in [3.05, 3.63) is 68.4 Å². The Morgan fingerprint density at radius 1 is 1.12 bits per heavy atom. The molecule has 9 nitrogen and oxygen atoms in total. The van der Waals surface area contributed by atoms with Crippen LogP contribution in [0.1, 0.15) is 29.9 Å². The Morgan fingerprint density at radius 3 is 2.55 bits per heavy atom. The molecule has 1 aliphatic rings. The quantitative estimate of drug-likeness (QED) is 0.545. The number of benzene rings is 1. The van der Waals surface area contributed by atoms with Crippen LogP contribution >= 0.6 is 0 Å². The van der Waals surface area contributed by atoms with Gasteiger partial charge in [-0.2, -0.15) is 4.39 Å². The topological polar surface area (TPSA) is 103 Å². The van der Waals surface area contributed by atoms with Gasteiger partial charge in [0.15, 0.2) is 0 Å². The van der Waals surface area contributed by atoms with E-state index >= 15 is 0 Å². The molecule has 10 heteroatoms. The monoisotopic (exact) mass is 454 g/mol. The molecule has 33 heavy (non-hydrogen) atoms. The fourth-order valence-electron chi connectivity index (χ4n) is 4.13. The fraction of sp³-hybridized carbons (Fsp3) is 0.391. The summed E-state index contributed by atoms with van der Waals surface area (Å²) in [5.41, 5.74) is 1.28.